The first-order valence-corrected chi connectivity index (χ1v) is 6.98. The van der Waals surface area contributed by atoms with E-state index in [4.69, 9.17) is 17.4 Å². The maximum absolute atomic E-state index is 13.8. The van der Waals surface area contributed by atoms with Crippen LogP contribution in [-0.2, 0) is 6.54 Å². The molecule has 0 bridgehead atoms. The molecule has 0 saturated heterocycles. The molecule has 8 heteroatoms. The summed E-state index contributed by atoms with van der Waals surface area (Å²) in [6.07, 6.45) is 0. The lowest BCUT2D eigenvalue weighted by Gasteiger charge is -2.05. The fourth-order valence-electron chi connectivity index (χ4n) is 2.31. The first-order valence-electron chi connectivity index (χ1n) is 6.60. The van der Waals surface area contributed by atoms with Crippen molar-refractivity contribution in [1.29, 1.82) is 0 Å². The maximum Gasteiger partial charge on any atom is 0.286 e. The molecule has 0 radical (unpaired) electrons. The first kappa shape index (κ1) is 15.4. The number of nitrogen functional groups attached to an aromatic ring is 1. The Morgan fingerprint density at radius 2 is 2.04 bits per heavy atom. The number of benzene rings is 2. The molecule has 5 nitrogen and oxygen atoms in total. The molecule has 1 aromatic heterocycles. The highest BCUT2D eigenvalue weighted by Gasteiger charge is 2.17. The number of carbonyl (C=O) groups excluding carboxylic acids is 1. The summed E-state index contributed by atoms with van der Waals surface area (Å²) in [5.41, 5.74) is 2.88. The lowest BCUT2D eigenvalue weighted by Crippen LogP contribution is -2.30. The van der Waals surface area contributed by atoms with Crippen molar-refractivity contribution >= 4 is 28.4 Å². The standard InChI is InChI=1S/C15H11ClF2N4O/c16-9-2-4-11-13(5-9)22(21-14(11)15(23)20-19)7-8-1-3-10(17)6-12(8)18/h1-6H,7,19H2,(H,20,23). The minimum Gasteiger partial charge on any atom is -0.289 e. The van der Waals surface area contributed by atoms with Gasteiger partial charge in [-0.05, 0) is 24.3 Å². The van der Waals surface area contributed by atoms with Crippen LogP contribution in [0.2, 0.25) is 5.02 Å². The predicted octanol–water partition coefficient (Wildman–Crippen LogP) is 2.62. The number of nitrogens with one attached hydrogen (secondary N) is 1. The highest BCUT2D eigenvalue weighted by molar-refractivity contribution is 6.31. The Bertz CT molecular complexity index is 910. The molecule has 0 fully saturated rings. The van der Waals surface area contributed by atoms with Crippen LogP contribution in [0.15, 0.2) is 36.4 Å². The van der Waals surface area contributed by atoms with Gasteiger partial charge in [0.15, 0.2) is 5.69 Å². The quantitative estimate of drug-likeness (QED) is 0.439. The number of amides is 1. The van der Waals surface area contributed by atoms with Gasteiger partial charge in [0.25, 0.3) is 5.91 Å². The zero-order chi connectivity index (χ0) is 16.6. The van der Waals surface area contributed by atoms with Crippen molar-refractivity contribution in [1.82, 2.24) is 15.2 Å². The van der Waals surface area contributed by atoms with Crippen LogP contribution < -0.4 is 11.3 Å². The van der Waals surface area contributed by atoms with E-state index in [1.165, 1.54) is 10.7 Å². The molecule has 1 amide bonds. The fourth-order valence-corrected chi connectivity index (χ4v) is 2.48. The van der Waals surface area contributed by atoms with Crippen molar-refractivity contribution in [2.24, 2.45) is 5.84 Å². The number of aromatic nitrogens is 2. The highest BCUT2D eigenvalue weighted by Crippen LogP contribution is 2.24. The second kappa shape index (κ2) is 5.94. The number of hydrazine groups is 1. The number of carbonyl (C=O) groups is 1. The van der Waals surface area contributed by atoms with Crippen molar-refractivity contribution in [3.63, 3.8) is 0 Å². The smallest absolute Gasteiger partial charge is 0.286 e. The molecular formula is C15H11ClF2N4O. The van der Waals surface area contributed by atoms with Crippen LogP contribution >= 0.6 is 11.6 Å². The molecule has 3 N–H and O–H groups in total. The number of rotatable bonds is 3. The predicted molar refractivity (Wildman–Crippen MR) is 81.9 cm³/mol. The highest BCUT2D eigenvalue weighted by atomic mass is 35.5. The molecule has 3 aromatic rings. The van der Waals surface area contributed by atoms with Gasteiger partial charge >= 0.3 is 0 Å². The maximum atomic E-state index is 13.8. The topological polar surface area (TPSA) is 72.9 Å². The monoisotopic (exact) mass is 336 g/mol. The zero-order valence-corrected chi connectivity index (χ0v) is 12.4. The summed E-state index contributed by atoms with van der Waals surface area (Å²) in [4.78, 5) is 11.8. The number of nitrogens with zero attached hydrogens (tertiary/aromatic N) is 2. The fraction of sp³-hybridized carbons (Fsp3) is 0.0667. The van der Waals surface area contributed by atoms with Crippen LogP contribution in [0.1, 0.15) is 16.1 Å². The molecule has 2 aromatic carbocycles. The Labute approximate surface area is 134 Å². The van der Waals surface area contributed by atoms with E-state index < -0.39 is 17.5 Å². The largest absolute Gasteiger partial charge is 0.289 e. The third kappa shape index (κ3) is 2.88. The summed E-state index contributed by atoms with van der Waals surface area (Å²) in [5, 5.41) is 5.14. The van der Waals surface area contributed by atoms with E-state index in [9.17, 15) is 13.6 Å². The summed E-state index contributed by atoms with van der Waals surface area (Å²) in [7, 11) is 0. The molecule has 1 heterocycles. The summed E-state index contributed by atoms with van der Waals surface area (Å²) in [6.45, 7) is 0.0147. The number of nitrogens with two attached hydrogens (primary N) is 1. The van der Waals surface area contributed by atoms with E-state index in [1.807, 2.05) is 5.43 Å². The van der Waals surface area contributed by atoms with Crippen molar-refractivity contribution in [2.45, 2.75) is 6.54 Å². The van der Waals surface area contributed by atoms with Gasteiger partial charge in [-0.15, -0.1) is 0 Å². The Hall–Kier alpha value is -2.51. The van der Waals surface area contributed by atoms with E-state index in [0.29, 0.717) is 15.9 Å². The van der Waals surface area contributed by atoms with Crippen LogP contribution in [0.5, 0.6) is 0 Å². The van der Waals surface area contributed by atoms with Gasteiger partial charge < -0.3 is 0 Å². The third-order valence-electron chi connectivity index (χ3n) is 3.40. The summed E-state index contributed by atoms with van der Waals surface area (Å²) in [6, 6.07) is 8.13. The molecule has 118 valence electrons. The van der Waals surface area contributed by atoms with Gasteiger partial charge in [0, 0.05) is 22.0 Å². The summed E-state index contributed by atoms with van der Waals surface area (Å²) < 4.78 is 28.3. The lowest BCUT2D eigenvalue weighted by molar-refractivity contribution is 0.0949. The van der Waals surface area contributed by atoms with Gasteiger partial charge in [-0.25, -0.2) is 14.6 Å². The molecule has 23 heavy (non-hydrogen) atoms. The van der Waals surface area contributed by atoms with Crippen molar-refractivity contribution in [3.05, 3.63) is 64.3 Å². The number of halogens is 3. The van der Waals surface area contributed by atoms with Gasteiger partial charge in [-0.1, -0.05) is 17.7 Å². The van der Waals surface area contributed by atoms with Gasteiger partial charge in [-0.2, -0.15) is 5.10 Å². The molecule has 3 rings (SSSR count). The van der Waals surface area contributed by atoms with E-state index in [2.05, 4.69) is 5.10 Å². The van der Waals surface area contributed by atoms with Gasteiger partial charge in [0.1, 0.15) is 11.6 Å². The van der Waals surface area contributed by atoms with E-state index in [0.717, 1.165) is 12.1 Å². The van der Waals surface area contributed by atoms with Crippen LogP contribution in [0, 0.1) is 11.6 Å². The lowest BCUT2D eigenvalue weighted by atomic mass is 10.2. The summed E-state index contributed by atoms with van der Waals surface area (Å²) in [5.74, 6) is 3.22. The van der Waals surface area contributed by atoms with E-state index in [-0.39, 0.29) is 17.8 Å². The van der Waals surface area contributed by atoms with Crippen LogP contribution in [0.3, 0.4) is 0 Å². The summed E-state index contributed by atoms with van der Waals surface area (Å²) >= 11 is 5.98. The van der Waals surface area contributed by atoms with Gasteiger partial charge in [0.2, 0.25) is 0 Å². The molecule has 0 saturated carbocycles. The zero-order valence-electron chi connectivity index (χ0n) is 11.7. The average Bonchev–Trinajstić information content (AvgIpc) is 2.87. The Kier molecular flexibility index (Phi) is 3.97. The molecular weight excluding hydrogens is 326 g/mol. The minimum absolute atomic E-state index is 0.0147. The molecule has 0 atom stereocenters. The molecule has 0 aliphatic carbocycles. The Morgan fingerprint density at radius 1 is 1.26 bits per heavy atom. The Morgan fingerprint density at radius 3 is 2.74 bits per heavy atom. The van der Waals surface area contributed by atoms with E-state index >= 15 is 0 Å². The van der Waals surface area contributed by atoms with E-state index in [1.54, 1.807) is 18.2 Å². The van der Waals surface area contributed by atoms with Crippen LogP contribution in [0.25, 0.3) is 10.9 Å². The SMILES string of the molecule is NNC(=O)c1nn(Cc2ccc(F)cc2F)c2cc(Cl)ccc12. The molecule has 0 unspecified atom stereocenters. The Balaban J connectivity index is 2.13. The molecule has 0 aliphatic heterocycles. The van der Waals surface area contributed by atoms with Crippen LogP contribution in [0.4, 0.5) is 8.78 Å². The van der Waals surface area contributed by atoms with Crippen molar-refractivity contribution in [3.8, 4) is 0 Å². The third-order valence-corrected chi connectivity index (χ3v) is 3.63. The van der Waals surface area contributed by atoms with Crippen molar-refractivity contribution < 1.29 is 13.6 Å². The van der Waals surface area contributed by atoms with Crippen molar-refractivity contribution in [2.75, 3.05) is 0 Å². The van der Waals surface area contributed by atoms with Crippen LogP contribution in [-0.4, -0.2) is 15.7 Å². The number of hydrogen-bond acceptors (Lipinski definition) is 3. The first-order chi connectivity index (χ1) is 11.0. The number of hydrogen-bond donors (Lipinski definition) is 2. The van der Waals surface area contributed by atoms with Gasteiger partial charge in [-0.3, -0.25) is 14.9 Å². The average molecular weight is 337 g/mol. The molecule has 0 aliphatic rings. The normalized spacial score (nSPS) is 11.0. The minimum atomic E-state index is -0.694. The van der Waals surface area contributed by atoms with Gasteiger partial charge in [0.05, 0.1) is 12.1 Å². The second-order valence-corrected chi connectivity index (χ2v) is 5.31. The second-order valence-electron chi connectivity index (χ2n) is 4.88. The number of fused-ring (bicyclic) bond motifs is 1. The molecule has 0 spiro atoms.